The highest BCUT2D eigenvalue weighted by Crippen LogP contribution is 2.49. The maximum absolute atomic E-state index is 5.30. The summed E-state index contributed by atoms with van der Waals surface area (Å²) in [6.07, 6.45) is 1.94. The van der Waals surface area contributed by atoms with Gasteiger partial charge in [-0.1, -0.05) is 50.3 Å². The molecule has 0 spiro atoms. The monoisotopic (exact) mass is 355 g/mol. The van der Waals surface area contributed by atoms with Crippen LogP contribution in [0.3, 0.4) is 0 Å². The first-order valence-corrected chi connectivity index (χ1v) is 9.33. The van der Waals surface area contributed by atoms with Crippen LogP contribution in [0.4, 0.5) is 11.4 Å². The van der Waals surface area contributed by atoms with Crippen LogP contribution in [-0.4, -0.2) is 13.7 Å². The third kappa shape index (κ3) is 2.82. The van der Waals surface area contributed by atoms with E-state index in [1.54, 1.807) is 7.11 Å². The Hall–Kier alpha value is -3.00. The summed E-state index contributed by atoms with van der Waals surface area (Å²) in [7, 11) is 1.69. The number of ether oxygens (including phenoxy) is 1. The van der Waals surface area contributed by atoms with Gasteiger partial charge in [0, 0.05) is 23.3 Å². The molecule has 2 heteroatoms. The van der Waals surface area contributed by atoms with Crippen molar-refractivity contribution < 1.29 is 4.74 Å². The molecule has 3 aromatic carbocycles. The van der Waals surface area contributed by atoms with Gasteiger partial charge in [-0.15, -0.1) is 6.58 Å². The van der Waals surface area contributed by atoms with Crippen LogP contribution in [0.5, 0.6) is 5.75 Å². The summed E-state index contributed by atoms with van der Waals surface area (Å²) in [4.78, 5) is 2.28. The maximum Gasteiger partial charge on any atom is 0.119 e. The first kappa shape index (κ1) is 17.4. The number of benzene rings is 3. The van der Waals surface area contributed by atoms with Gasteiger partial charge in [0.2, 0.25) is 0 Å². The molecular formula is C25H25NO. The number of hydrogen-bond donors (Lipinski definition) is 0. The Morgan fingerprint density at radius 1 is 0.889 bits per heavy atom. The summed E-state index contributed by atoms with van der Waals surface area (Å²) in [6.45, 7) is 9.31. The molecule has 0 bridgehead atoms. The highest BCUT2D eigenvalue weighted by atomic mass is 16.5. The first-order valence-electron chi connectivity index (χ1n) is 9.33. The van der Waals surface area contributed by atoms with Gasteiger partial charge in [0.25, 0.3) is 0 Å². The molecule has 4 rings (SSSR count). The molecule has 1 aliphatic rings. The second-order valence-corrected chi connectivity index (χ2v) is 7.50. The summed E-state index contributed by atoms with van der Waals surface area (Å²) in [5.41, 5.74) is 7.79. The number of rotatable bonds is 5. The molecule has 0 saturated carbocycles. The van der Waals surface area contributed by atoms with Crippen molar-refractivity contribution in [2.24, 2.45) is 0 Å². The first-order chi connectivity index (χ1) is 13.1. The van der Waals surface area contributed by atoms with E-state index in [0.29, 0.717) is 0 Å². The quantitative estimate of drug-likeness (QED) is 0.496. The fourth-order valence-corrected chi connectivity index (χ4v) is 4.13. The van der Waals surface area contributed by atoms with Crippen LogP contribution in [0.25, 0.3) is 11.1 Å². The lowest BCUT2D eigenvalue weighted by Gasteiger charge is -2.26. The number of fused-ring (bicyclic) bond motifs is 3. The third-order valence-corrected chi connectivity index (χ3v) is 5.57. The number of methoxy groups -OCH3 is 1. The van der Waals surface area contributed by atoms with Crippen molar-refractivity contribution in [2.75, 3.05) is 18.6 Å². The molecule has 3 aromatic rings. The SMILES string of the molecule is C=CCN(c1ccc(OC)cc1)c1ccc2c(c1)-c1ccccc1C2(C)C. The Morgan fingerprint density at radius 3 is 2.26 bits per heavy atom. The van der Waals surface area contributed by atoms with E-state index in [1.165, 1.54) is 27.9 Å². The molecule has 0 aromatic heterocycles. The predicted octanol–water partition coefficient (Wildman–Crippen LogP) is 6.33. The zero-order valence-corrected chi connectivity index (χ0v) is 16.2. The van der Waals surface area contributed by atoms with Crippen molar-refractivity contribution in [3.05, 3.63) is 90.5 Å². The average Bonchev–Trinajstić information content (AvgIpc) is 2.93. The molecule has 0 fully saturated rings. The topological polar surface area (TPSA) is 12.5 Å². The van der Waals surface area contributed by atoms with Gasteiger partial charge in [-0.3, -0.25) is 0 Å². The van der Waals surface area contributed by atoms with Gasteiger partial charge in [-0.25, -0.2) is 0 Å². The van der Waals surface area contributed by atoms with Gasteiger partial charge in [0.05, 0.1) is 7.11 Å². The van der Waals surface area contributed by atoms with E-state index >= 15 is 0 Å². The van der Waals surface area contributed by atoms with E-state index < -0.39 is 0 Å². The summed E-state index contributed by atoms with van der Waals surface area (Å²) in [6, 6.07) is 23.7. The Morgan fingerprint density at radius 2 is 1.56 bits per heavy atom. The molecule has 0 saturated heterocycles. The van der Waals surface area contributed by atoms with Crippen molar-refractivity contribution in [3.8, 4) is 16.9 Å². The van der Waals surface area contributed by atoms with E-state index in [9.17, 15) is 0 Å². The molecule has 0 N–H and O–H groups in total. The second-order valence-electron chi connectivity index (χ2n) is 7.50. The van der Waals surface area contributed by atoms with Gasteiger partial charge in [0.15, 0.2) is 0 Å². The summed E-state index contributed by atoms with van der Waals surface area (Å²) in [5, 5.41) is 0. The maximum atomic E-state index is 5.30. The van der Waals surface area contributed by atoms with E-state index in [2.05, 4.69) is 79.9 Å². The summed E-state index contributed by atoms with van der Waals surface area (Å²) in [5.74, 6) is 0.863. The van der Waals surface area contributed by atoms with Crippen molar-refractivity contribution in [3.63, 3.8) is 0 Å². The molecule has 1 aliphatic carbocycles. The molecule has 0 amide bonds. The van der Waals surface area contributed by atoms with Crippen LogP contribution in [-0.2, 0) is 5.41 Å². The van der Waals surface area contributed by atoms with Gasteiger partial charge in [-0.2, -0.15) is 0 Å². The molecule has 0 radical (unpaired) electrons. The van der Waals surface area contributed by atoms with Crippen molar-refractivity contribution in [1.82, 2.24) is 0 Å². The van der Waals surface area contributed by atoms with Gasteiger partial charge in [0.1, 0.15) is 5.75 Å². The van der Waals surface area contributed by atoms with Crippen molar-refractivity contribution >= 4 is 11.4 Å². The molecule has 0 aliphatic heterocycles. The minimum atomic E-state index is 0.0356. The van der Waals surface area contributed by atoms with E-state index in [4.69, 9.17) is 4.74 Å². The Bertz CT molecular complexity index is 985. The van der Waals surface area contributed by atoms with Crippen LogP contribution in [0, 0.1) is 0 Å². The zero-order chi connectivity index (χ0) is 19.0. The van der Waals surface area contributed by atoms with Crippen LogP contribution in [0.15, 0.2) is 79.4 Å². The van der Waals surface area contributed by atoms with E-state index in [-0.39, 0.29) is 5.41 Å². The predicted molar refractivity (Wildman–Crippen MR) is 114 cm³/mol. The number of nitrogens with zero attached hydrogens (tertiary/aromatic N) is 1. The molecule has 0 unspecified atom stereocenters. The van der Waals surface area contributed by atoms with Crippen LogP contribution >= 0.6 is 0 Å². The van der Waals surface area contributed by atoms with E-state index in [1.807, 2.05) is 18.2 Å². The van der Waals surface area contributed by atoms with Gasteiger partial charge < -0.3 is 9.64 Å². The second kappa shape index (κ2) is 6.62. The zero-order valence-electron chi connectivity index (χ0n) is 16.2. The summed E-state index contributed by atoms with van der Waals surface area (Å²) < 4.78 is 5.30. The smallest absolute Gasteiger partial charge is 0.119 e. The molecule has 27 heavy (non-hydrogen) atoms. The molecular weight excluding hydrogens is 330 g/mol. The standard InChI is InChI=1S/C25H25NO/c1-5-16-26(18-10-13-20(27-4)14-11-18)19-12-15-24-22(17-19)21-8-6-7-9-23(21)25(24,2)3/h5-15,17H,1,16H2,2-4H3. The van der Waals surface area contributed by atoms with Gasteiger partial charge >= 0.3 is 0 Å². The number of anilines is 2. The average molecular weight is 355 g/mol. The molecule has 136 valence electrons. The van der Waals surface area contributed by atoms with Crippen molar-refractivity contribution in [2.45, 2.75) is 19.3 Å². The summed E-state index contributed by atoms with van der Waals surface area (Å²) >= 11 is 0. The lowest BCUT2D eigenvalue weighted by Crippen LogP contribution is -2.18. The lowest BCUT2D eigenvalue weighted by molar-refractivity contribution is 0.415. The third-order valence-electron chi connectivity index (χ3n) is 5.57. The van der Waals surface area contributed by atoms with Crippen LogP contribution < -0.4 is 9.64 Å². The van der Waals surface area contributed by atoms with Gasteiger partial charge in [-0.05, 0) is 58.7 Å². The van der Waals surface area contributed by atoms with E-state index in [0.717, 1.165) is 18.0 Å². The molecule has 0 atom stereocenters. The Labute approximate surface area is 161 Å². The Balaban J connectivity index is 1.81. The normalized spacial score (nSPS) is 13.6. The highest BCUT2D eigenvalue weighted by Gasteiger charge is 2.35. The lowest BCUT2D eigenvalue weighted by atomic mass is 9.82. The fraction of sp³-hybridized carbons (Fsp3) is 0.200. The minimum absolute atomic E-state index is 0.0356. The van der Waals surface area contributed by atoms with Crippen molar-refractivity contribution in [1.29, 1.82) is 0 Å². The fourth-order valence-electron chi connectivity index (χ4n) is 4.13. The molecule has 2 nitrogen and oxygen atoms in total. The highest BCUT2D eigenvalue weighted by molar-refractivity contribution is 5.84. The number of hydrogen-bond acceptors (Lipinski definition) is 2. The van der Waals surface area contributed by atoms with Crippen LogP contribution in [0.1, 0.15) is 25.0 Å². The largest absolute Gasteiger partial charge is 0.497 e. The Kier molecular flexibility index (Phi) is 4.27. The molecule has 0 heterocycles. The minimum Gasteiger partial charge on any atom is -0.497 e. The van der Waals surface area contributed by atoms with Crippen LogP contribution in [0.2, 0.25) is 0 Å².